The Labute approximate surface area is 377 Å². The Hall–Kier alpha value is -1.95. The van der Waals surface area contributed by atoms with E-state index in [1.54, 1.807) is 18.2 Å². The van der Waals surface area contributed by atoms with Gasteiger partial charge in [-0.05, 0) is 117 Å². The van der Waals surface area contributed by atoms with Gasteiger partial charge < -0.3 is 37.0 Å². The Bertz CT molecular complexity index is 1720. The summed E-state index contributed by atoms with van der Waals surface area (Å²) >= 11 is 0. The highest BCUT2D eigenvalue weighted by Gasteiger charge is 2.75. The molecule has 1 aromatic carbocycles. The first kappa shape index (κ1) is 49.5. The van der Waals surface area contributed by atoms with E-state index in [2.05, 4.69) is 88.9 Å². The van der Waals surface area contributed by atoms with Crippen molar-refractivity contribution in [3.8, 4) is 0 Å². The highest BCUT2D eigenvalue weighted by molar-refractivity contribution is 6.74. The first-order valence-corrected chi connectivity index (χ1v) is 31.5. The van der Waals surface area contributed by atoms with Crippen LogP contribution in [0.25, 0.3) is 0 Å². The fourth-order valence-electron chi connectivity index (χ4n) is 11.6. The van der Waals surface area contributed by atoms with Crippen LogP contribution in [-0.4, -0.2) is 99.3 Å². The third-order valence-corrected chi connectivity index (χ3v) is 26.0. The van der Waals surface area contributed by atoms with E-state index in [-0.39, 0.29) is 30.7 Å². The lowest BCUT2D eigenvalue weighted by Gasteiger charge is -2.67. The number of rotatable bonds is 20. The van der Waals surface area contributed by atoms with E-state index < -0.39 is 84.7 Å². The van der Waals surface area contributed by atoms with E-state index in [0.717, 1.165) is 60.3 Å². The predicted molar refractivity (Wildman–Crippen MR) is 250 cm³/mol. The minimum Gasteiger partial charge on any atom is -0.458 e. The smallest absolute Gasteiger partial charge is 0.338 e. The van der Waals surface area contributed by atoms with Gasteiger partial charge >= 0.3 is 11.9 Å². The Morgan fingerprint density at radius 2 is 1.56 bits per heavy atom. The molecule has 6 rings (SSSR count). The van der Waals surface area contributed by atoms with Gasteiger partial charge in [-0.25, -0.2) is 4.79 Å². The molecule has 0 spiro atoms. The second-order valence-corrected chi connectivity index (χ2v) is 31.5. The standard InChI is InChI=1S/C49H79O10Si3/c1-14-40-55-42-41(33(8)36(28-29-53-60(12)13)58-61(15-2,16-3)17-4)47(9,10)31-37(54-45(50)34-24-22-21-23-25-34)43-48(11,44(42)56-40)38(59-62(18-5,19-6)20-7)30-39-49(43,32-52-39)57-46(51)35-26-27-35/h14,21-25,35-40,42-44H,1,15-20,26-32H2,2-13H3/b41-33-/t36?,37?,38?,39?,40?,42?,43?,44?,48-,49?/m1/s1. The fourth-order valence-corrected chi connectivity index (χ4v) is 18.0. The Morgan fingerprint density at radius 3 is 2.10 bits per heavy atom. The lowest BCUT2D eigenvalue weighted by molar-refractivity contribution is -0.346. The Balaban J connectivity index is 1.63. The average Bonchev–Trinajstić information content (AvgIpc) is 4.03. The number of hydrogen-bond donors (Lipinski definition) is 0. The molecular weight excluding hydrogens is 833 g/mol. The molecule has 3 aliphatic carbocycles. The van der Waals surface area contributed by atoms with Gasteiger partial charge in [-0.3, -0.25) is 4.79 Å². The fraction of sp³-hybridized carbons (Fsp3) is 0.755. The maximum atomic E-state index is 14.6. The van der Waals surface area contributed by atoms with Crippen LogP contribution in [0, 0.1) is 22.7 Å². The second kappa shape index (κ2) is 19.9. The normalized spacial score (nSPS) is 33.2. The van der Waals surface area contributed by atoms with E-state index in [4.69, 9.17) is 37.0 Å². The molecule has 1 aromatic rings. The molecule has 0 N–H and O–H groups in total. The SMILES string of the molecule is C=CC1OC2/C(=C(\C)C(CCO[Si](C)C)O[Si](CC)(CC)CC)C(C)(C)CC(OC(=O)c3ccccc3)C3C4(OC(=O)C5CC5)COC4CC(O[Si](CC)(CC)CC)[C@@]3(C)C2O1. The van der Waals surface area contributed by atoms with Crippen LogP contribution in [0.4, 0.5) is 0 Å². The van der Waals surface area contributed by atoms with Crippen LogP contribution in [-0.2, 0) is 41.8 Å². The van der Waals surface area contributed by atoms with Crippen LogP contribution < -0.4 is 0 Å². The molecular formula is C49H79O10Si3. The minimum atomic E-state index is -2.30. The number of esters is 2. The van der Waals surface area contributed by atoms with Crippen molar-refractivity contribution in [1.82, 2.24) is 0 Å². The number of ether oxygens (including phenoxy) is 5. The summed E-state index contributed by atoms with van der Waals surface area (Å²) in [4.78, 5) is 28.7. The van der Waals surface area contributed by atoms with E-state index in [1.807, 2.05) is 18.2 Å². The van der Waals surface area contributed by atoms with E-state index in [1.165, 1.54) is 0 Å². The van der Waals surface area contributed by atoms with Crippen molar-refractivity contribution in [1.29, 1.82) is 0 Å². The van der Waals surface area contributed by atoms with Crippen LogP contribution in [0.5, 0.6) is 0 Å². The lowest BCUT2D eigenvalue weighted by Crippen LogP contribution is -2.79. The van der Waals surface area contributed by atoms with Crippen molar-refractivity contribution in [2.45, 2.75) is 199 Å². The number of carbonyl (C=O) groups is 2. The molecule has 2 heterocycles. The summed E-state index contributed by atoms with van der Waals surface area (Å²) in [6.07, 6.45) is 1.44. The maximum Gasteiger partial charge on any atom is 0.338 e. The summed E-state index contributed by atoms with van der Waals surface area (Å²) in [7, 11) is -5.36. The van der Waals surface area contributed by atoms with Gasteiger partial charge in [0.25, 0.3) is 0 Å². The molecule has 0 amide bonds. The van der Waals surface area contributed by atoms with Gasteiger partial charge in [-0.15, -0.1) is 0 Å². The van der Waals surface area contributed by atoms with Gasteiger partial charge in [-0.1, -0.05) is 87.1 Å². The van der Waals surface area contributed by atoms with Gasteiger partial charge in [0.1, 0.15) is 18.3 Å². The predicted octanol–water partition coefficient (Wildman–Crippen LogP) is 10.8. The summed E-state index contributed by atoms with van der Waals surface area (Å²) in [5.74, 6) is -1.30. The monoisotopic (exact) mass is 911 g/mol. The molecule has 9 unspecified atom stereocenters. The zero-order chi connectivity index (χ0) is 45.3. The molecule has 62 heavy (non-hydrogen) atoms. The molecule has 13 heteroatoms. The van der Waals surface area contributed by atoms with Gasteiger partial charge in [-0.2, -0.15) is 0 Å². The van der Waals surface area contributed by atoms with Crippen LogP contribution in [0.15, 0.2) is 54.1 Å². The van der Waals surface area contributed by atoms with Crippen LogP contribution in [0.1, 0.15) is 112 Å². The Morgan fingerprint density at radius 1 is 0.935 bits per heavy atom. The molecule has 3 saturated carbocycles. The second-order valence-electron chi connectivity index (χ2n) is 20.0. The van der Waals surface area contributed by atoms with Gasteiger partial charge in [0, 0.05) is 18.4 Å². The van der Waals surface area contributed by atoms with E-state index in [0.29, 0.717) is 31.4 Å². The molecule has 2 saturated heterocycles. The summed E-state index contributed by atoms with van der Waals surface area (Å²) < 4.78 is 56.4. The maximum absolute atomic E-state index is 14.6. The van der Waals surface area contributed by atoms with Crippen molar-refractivity contribution in [3.05, 3.63) is 59.7 Å². The summed E-state index contributed by atoms with van der Waals surface area (Å²) in [5.41, 5.74) is 0.0928. The highest BCUT2D eigenvalue weighted by atomic mass is 28.4. The topological polar surface area (TPSA) is 108 Å². The molecule has 5 fully saturated rings. The first-order valence-electron chi connectivity index (χ1n) is 24.0. The lowest BCUT2D eigenvalue weighted by atomic mass is 9.48. The molecule has 1 radical (unpaired) electrons. The number of carbonyl (C=O) groups excluding carboxylic acids is 2. The third kappa shape index (κ3) is 9.50. The van der Waals surface area contributed by atoms with Gasteiger partial charge in [0.2, 0.25) is 9.04 Å². The molecule has 2 aliphatic heterocycles. The van der Waals surface area contributed by atoms with Crippen LogP contribution in [0.3, 0.4) is 0 Å². The number of hydrogen-bond acceptors (Lipinski definition) is 10. The van der Waals surface area contributed by atoms with E-state index in [9.17, 15) is 9.59 Å². The summed E-state index contributed by atoms with van der Waals surface area (Å²) in [6.45, 7) is 31.9. The van der Waals surface area contributed by atoms with Gasteiger partial charge in [0.15, 0.2) is 28.5 Å². The van der Waals surface area contributed by atoms with Crippen molar-refractivity contribution in [2.75, 3.05) is 13.2 Å². The Kier molecular flexibility index (Phi) is 15.9. The van der Waals surface area contributed by atoms with Crippen molar-refractivity contribution < 1.29 is 46.6 Å². The molecule has 10 atom stereocenters. The molecule has 347 valence electrons. The zero-order valence-electron chi connectivity index (χ0n) is 40.1. The molecule has 5 aliphatic rings. The van der Waals surface area contributed by atoms with E-state index >= 15 is 0 Å². The molecule has 10 nitrogen and oxygen atoms in total. The van der Waals surface area contributed by atoms with Gasteiger partial charge in [0.05, 0.1) is 42.3 Å². The van der Waals surface area contributed by atoms with Crippen molar-refractivity contribution in [3.63, 3.8) is 0 Å². The minimum absolute atomic E-state index is 0.133. The molecule has 0 aromatic heterocycles. The third-order valence-electron chi connectivity index (χ3n) is 15.9. The number of fused-ring (bicyclic) bond motifs is 5. The van der Waals surface area contributed by atoms with Crippen LogP contribution in [0.2, 0.25) is 49.4 Å². The summed E-state index contributed by atoms with van der Waals surface area (Å²) in [5, 5.41) is 0. The summed E-state index contributed by atoms with van der Waals surface area (Å²) in [6, 6.07) is 15.1. The average molecular weight is 912 g/mol. The van der Waals surface area contributed by atoms with Crippen LogP contribution >= 0.6 is 0 Å². The zero-order valence-corrected chi connectivity index (χ0v) is 43.1. The quantitative estimate of drug-likeness (QED) is 0.0713. The largest absolute Gasteiger partial charge is 0.458 e. The van der Waals surface area contributed by atoms with Crippen molar-refractivity contribution in [2.24, 2.45) is 22.7 Å². The number of benzene rings is 1. The van der Waals surface area contributed by atoms with Crippen molar-refractivity contribution >= 4 is 37.6 Å². The first-order chi connectivity index (χ1) is 29.5. The molecule has 0 bridgehead atoms. The highest BCUT2D eigenvalue weighted by Crippen LogP contribution is 2.64.